The van der Waals surface area contributed by atoms with Gasteiger partial charge in [-0.2, -0.15) is 0 Å². The van der Waals surface area contributed by atoms with E-state index in [1.807, 2.05) is 113 Å². The Hall–Kier alpha value is -8.02. The normalized spacial score (nSPS) is 12.3. The first kappa shape index (κ1) is 93.2. The van der Waals surface area contributed by atoms with Crippen LogP contribution in [0.2, 0.25) is 0 Å². The summed E-state index contributed by atoms with van der Waals surface area (Å²) < 4.78 is 80.9. The van der Waals surface area contributed by atoms with Gasteiger partial charge in [-0.3, -0.25) is 49.0 Å². The Morgan fingerprint density at radius 3 is 0.925 bits per heavy atom. The number of aliphatic carboxylic acids is 1. The lowest BCUT2D eigenvalue weighted by molar-refractivity contribution is -0.386. The summed E-state index contributed by atoms with van der Waals surface area (Å²) in [6, 6.07) is 15.9. The van der Waals surface area contributed by atoms with Crippen LogP contribution in [-0.2, 0) is 71.2 Å². The van der Waals surface area contributed by atoms with E-state index < -0.39 is 56.8 Å². The van der Waals surface area contributed by atoms with Crippen molar-refractivity contribution >= 4 is 58.3 Å². The summed E-state index contributed by atoms with van der Waals surface area (Å²) in [5.41, 5.74) is 3.38. The predicted molar refractivity (Wildman–Crippen MR) is 396 cm³/mol. The first-order valence-electron chi connectivity index (χ1n) is 36.3. The van der Waals surface area contributed by atoms with Crippen LogP contribution in [0.15, 0.2) is 60.7 Å². The van der Waals surface area contributed by atoms with Gasteiger partial charge in [-0.1, -0.05) is 113 Å². The van der Waals surface area contributed by atoms with E-state index in [9.17, 15) is 49.0 Å². The molecule has 2 heterocycles. The molecule has 31 nitrogen and oxygen atoms in total. The second-order valence-corrected chi connectivity index (χ2v) is 24.6. The lowest BCUT2D eigenvalue weighted by Crippen LogP contribution is -2.31. The minimum absolute atomic E-state index is 0.000913. The monoisotopic (exact) mass is 1510 g/mol. The predicted octanol–water partition coefficient (Wildman–Crippen LogP) is 10.7. The maximum Gasteiger partial charge on any atom is 0.311 e. The molecule has 6 rings (SSSR count). The summed E-state index contributed by atoms with van der Waals surface area (Å²) in [6.45, 7) is 30.8. The topological polar surface area (TPSA) is 374 Å². The number of ether oxygens (including phenoxy) is 15. The van der Waals surface area contributed by atoms with Gasteiger partial charge in [0, 0.05) is 37.8 Å². The molecule has 0 radical (unpaired) electrons. The van der Waals surface area contributed by atoms with Crippen LogP contribution in [0, 0.1) is 20.2 Å². The molecular formula is C76H112N4O27. The third-order valence-electron chi connectivity index (χ3n) is 15.5. The summed E-state index contributed by atoms with van der Waals surface area (Å²) in [7, 11) is 1.64. The molecule has 0 atom stereocenters. The summed E-state index contributed by atoms with van der Waals surface area (Å²) in [6.07, 6.45) is 0.996. The Kier molecular flexibility index (Phi) is 46.8. The number of nitrogens with zero attached hydrogens (tertiary/aromatic N) is 4. The highest BCUT2D eigenvalue weighted by Crippen LogP contribution is 2.44. The lowest BCUT2D eigenvalue weighted by Gasteiger charge is -2.25. The number of para-hydroxylation sites is 2. The number of amides is 4. The van der Waals surface area contributed by atoms with E-state index in [1.54, 1.807) is 7.11 Å². The maximum absolute atomic E-state index is 13.7. The van der Waals surface area contributed by atoms with Crippen LogP contribution in [0.4, 0.5) is 22.7 Å². The van der Waals surface area contributed by atoms with Crippen LogP contribution in [0.25, 0.3) is 0 Å². The standard InChI is InChI=1S/C48H74N2O19.C22H24N2O6.C4H8O2.C2H6/c1-37(2)39-7-6-8-40(38(3)4)46(39)49-47(52)41-35-43(50(54)55)44(36-42(41)48(49)53)68-33-34-69-45(51)9-10-57-13-14-59-17-18-61-21-22-63-25-26-65-29-30-67-32-31-66-28-27-64-24-23-62-20-19-60-16-15-58-12-11-56-5;1-12(2)14-6-5-7-15(13(3)4)20(14)23-21(26)16-10-18(24(28)29)19(30-9-8-25)11-17(16)22(23)27;1-2-3-4(5)6;1-2/h6-8,35-38H,9-34H2,1-5H3;5-7,10-13,25H,8-9H2,1-4H3;2-3H2,1H3,(H,5,6);1-2H3. The van der Waals surface area contributed by atoms with Crippen LogP contribution in [0.3, 0.4) is 0 Å². The van der Waals surface area contributed by atoms with Gasteiger partial charge in [-0.05, 0) is 52.3 Å². The number of rotatable bonds is 53. The molecule has 0 saturated carbocycles. The number of aliphatic hydroxyl groups is 1. The fourth-order valence-electron chi connectivity index (χ4n) is 10.3. The molecule has 0 unspecified atom stereocenters. The van der Waals surface area contributed by atoms with Crippen LogP contribution < -0.4 is 19.3 Å². The third-order valence-corrected chi connectivity index (χ3v) is 15.5. The second-order valence-electron chi connectivity index (χ2n) is 24.6. The number of nitro benzene ring substituents is 2. The summed E-state index contributed by atoms with van der Waals surface area (Å²) in [5.74, 6) is -3.90. The number of methoxy groups -OCH3 is 1. The van der Waals surface area contributed by atoms with Crippen molar-refractivity contribution in [2.75, 3.05) is 195 Å². The zero-order valence-corrected chi connectivity index (χ0v) is 64.2. The van der Waals surface area contributed by atoms with Gasteiger partial charge in [0.1, 0.15) is 19.8 Å². The zero-order valence-electron chi connectivity index (χ0n) is 64.2. The van der Waals surface area contributed by atoms with E-state index in [1.165, 1.54) is 12.1 Å². The SMILES string of the molecule is CC.CC(C)c1cccc(C(C)C)c1N1C(=O)c2cc(OCCO)c([N+](=O)[O-])cc2C1=O.CCCC(=O)O.COCCOCCOCCOCCOCCOCCOCCOCCOCCOCCOCCOCCC(=O)OCCOc1cc2c(cc1[N+](=O)[O-])C(=O)N(c1c(C(C)C)cccc1C(C)C)C2=O. The molecule has 4 aromatic rings. The van der Waals surface area contributed by atoms with Crippen molar-refractivity contribution in [2.45, 2.75) is 119 Å². The molecule has 107 heavy (non-hydrogen) atoms. The number of imide groups is 2. The number of carbonyl (C=O) groups excluding carboxylic acids is 5. The van der Waals surface area contributed by atoms with E-state index in [-0.39, 0.29) is 103 Å². The fraction of sp³-hybridized carbons (Fsp3) is 0.605. The van der Waals surface area contributed by atoms with Gasteiger partial charge in [-0.15, -0.1) is 0 Å². The number of aliphatic hydroxyl groups excluding tert-OH is 1. The van der Waals surface area contributed by atoms with Gasteiger partial charge in [0.15, 0.2) is 11.5 Å². The Morgan fingerprint density at radius 1 is 0.411 bits per heavy atom. The number of anilines is 2. The first-order valence-corrected chi connectivity index (χ1v) is 36.3. The van der Waals surface area contributed by atoms with E-state index in [0.29, 0.717) is 157 Å². The molecule has 0 saturated heterocycles. The van der Waals surface area contributed by atoms with Gasteiger partial charge < -0.3 is 81.3 Å². The van der Waals surface area contributed by atoms with Crippen molar-refractivity contribution in [3.63, 3.8) is 0 Å². The number of fused-ring (bicyclic) bond motifs is 2. The van der Waals surface area contributed by atoms with Gasteiger partial charge in [0.2, 0.25) is 0 Å². The molecule has 598 valence electrons. The first-order chi connectivity index (χ1) is 51.5. The number of esters is 1. The molecule has 31 heteroatoms. The fourth-order valence-corrected chi connectivity index (χ4v) is 10.3. The number of carboxylic acids is 1. The number of nitro groups is 2. The third kappa shape index (κ3) is 32.4. The molecule has 4 aromatic carbocycles. The quantitative estimate of drug-likeness (QED) is 0.0136. The zero-order chi connectivity index (χ0) is 79.1. The molecule has 2 aliphatic heterocycles. The summed E-state index contributed by atoms with van der Waals surface area (Å²) in [5, 5.41) is 40.3. The van der Waals surface area contributed by atoms with Crippen LogP contribution >= 0.6 is 0 Å². The highest BCUT2D eigenvalue weighted by atomic mass is 16.6. The minimum atomic E-state index is -0.711. The van der Waals surface area contributed by atoms with Gasteiger partial charge in [0.05, 0.1) is 208 Å². The molecule has 0 aliphatic carbocycles. The van der Waals surface area contributed by atoms with Gasteiger partial charge >= 0.3 is 23.3 Å². The number of benzene rings is 4. The average Bonchev–Trinajstić information content (AvgIpc) is 1.60. The Labute approximate surface area is 627 Å². The highest BCUT2D eigenvalue weighted by Gasteiger charge is 2.43. The molecule has 0 spiro atoms. The van der Waals surface area contributed by atoms with Crippen molar-refractivity contribution in [3.8, 4) is 11.5 Å². The summed E-state index contributed by atoms with van der Waals surface area (Å²) in [4.78, 5) is 100. The highest BCUT2D eigenvalue weighted by molar-refractivity contribution is 6.36. The van der Waals surface area contributed by atoms with E-state index in [4.69, 9.17) is 81.3 Å². The van der Waals surface area contributed by atoms with Gasteiger partial charge in [-0.25, -0.2) is 9.80 Å². The Bertz CT molecular complexity index is 3290. The smallest absolute Gasteiger partial charge is 0.311 e. The van der Waals surface area contributed by atoms with Crippen molar-refractivity contribution in [2.24, 2.45) is 0 Å². The van der Waals surface area contributed by atoms with Crippen molar-refractivity contribution in [1.29, 1.82) is 0 Å². The maximum atomic E-state index is 13.7. The number of hydrogen-bond donors (Lipinski definition) is 2. The van der Waals surface area contributed by atoms with Gasteiger partial charge in [0.25, 0.3) is 23.6 Å². The average molecular weight is 1510 g/mol. The molecule has 2 aliphatic rings. The van der Waals surface area contributed by atoms with Crippen molar-refractivity contribution in [1.82, 2.24) is 0 Å². The van der Waals surface area contributed by atoms with Crippen LogP contribution in [-0.4, -0.2) is 241 Å². The Morgan fingerprint density at radius 2 is 0.682 bits per heavy atom. The molecule has 2 N–H and O–H groups in total. The molecule has 0 bridgehead atoms. The van der Waals surface area contributed by atoms with Crippen molar-refractivity contribution in [3.05, 3.63) is 125 Å². The number of carbonyl (C=O) groups is 6. The molecular weight excluding hydrogens is 1400 g/mol. The van der Waals surface area contributed by atoms with Crippen LogP contribution in [0.1, 0.15) is 183 Å². The molecule has 0 aromatic heterocycles. The largest absolute Gasteiger partial charge is 0.484 e. The molecule has 0 fully saturated rings. The molecule has 4 amide bonds. The summed E-state index contributed by atoms with van der Waals surface area (Å²) >= 11 is 0. The lowest BCUT2D eigenvalue weighted by atomic mass is 9.92. The Balaban J connectivity index is 0.000000638. The van der Waals surface area contributed by atoms with Crippen LogP contribution in [0.5, 0.6) is 11.5 Å². The minimum Gasteiger partial charge on any atom is -0.484 e. The number of hydrogen-bond acceptors (Lipinski definition) is 26. The van der Waals surface area contributed by atoms with Crippen molar-refractivity contribution < 1.29 is 120 Å². The van der Waals surface area contributed by atoms with E-state index >= 15 is 0 Å². The van der Waals surface area contributed by atoms with E-state index in [2.05, 4.69) is 0 Å². The van der Waals surface area contributed by atoms with E-state index in [0.717, 1.165) is 50.6 Å². The number of carboxylic acid groups (broad SMARTS) is 1. The second kappa shape index (κ2) is 53.7.